The average Bonchev–Trinajstić information content (AvgIpc) is 2.92. The quantitative estimate of drug-likeness (QED) is 0.484. The maximum absolute atomic E-state index is 14.0. The van der Waals surface area contributed by atoms with Gasteiger partial charge in [0.1, 0.15) is 23.8 Å². The highest BCUT2D eigenvalue weighted by molar-refractivity contribution is 5.94. The molecule has 142 valence electrons. The molecule has 2 heterocycles. The van der Waals surface area contributed by atoms with Crippen molar-refractivity contribution in [1.82, 2.24) is 14.5 Å². The molecule has 2 aromatic carbocycles. The molecule has 0 aliphatic heterocycles. The normalized spacial score (nSPS) is 11.2. The van der Waals surface area contributed by atoms with Gasteiger partial charge in [0.25, 0.3) is 0 Å². The van der Waals surface area contributed by atoms with Crippen molar-refractivity contribution in [3.8, 4) is 5.69 Å². The predicted molar refractivity (Wildman–Crippen MR) is 97.9 cm³/mol. The van der Waals surface area contributed by atoms with Crippen LogP contribution < -0.4 is 5.32 Å². The van der Waals surface area contributed by atoms with Crippen LogP contribution in [0.3, 0.4) is 0 Å². The van der Waals surface area contributed by atoms with Crippen molar-refractivity contribution in [2.75, 3.05) is 5.32 Å². The largest absolute Gasteiger partial charge is 0.337 e. The molecule has 4 aromatic rings. The molecule has 0 aliphatic rings. The summed E-state index contributed by atoms with van der Waals surface area (Å²) in [5.74, 6) is -2.89. The topological polar surface area (TPSA) is 42.7 Å². The highest BCUT2D eigenvalue weighted by Gasteiger charge is 2.19. The zero-order valence-electron chi connectivity index (χ0n) is 14.9. The van der Waals surface area contributed by atoms with Crippen LogP contribution in [0.5, 0.6) is 0 Å². The second kappa shape index (κ2) is 6.63. The lowest BCUT2D eigenvalue weighted by molar-refractivity contribution is 0.508. The average molecular weight is 386 g/mol. The van der Waals surface area contributed by atoms with E-state index in [1.54, 1.807) is 11.5 Å². The molecule has 0 aliphatic carbocycles. The van der Waals surface area contributed by atoms with Gasteiger partial charge in [0.05, 0.1) is 16.8 Å². The molecule has 0 fully saturated rings. The van der Waals surface area contributed by atoms with Crippen LogP contribution in [-0.4, -0.2) is 14.5 Å². The number of hydrogen-bond acceptors (Lipinski definition) is 3. The summed E-state index contributed by atoms with van der Waals surface area (Å²) >= 11 is 0. The number of hydrogen-bond donors (Lipinski definition) is 1. The number of nitrogens with one attached hydrogen (secondary N) is 1. The van der Waals surface area contributed by atoms with Gasteiger partial charge in [-0.15, -0.1) is 0 Å². The molecule has 2 aromatic heterocycles. The van der Waals surface area contributed by atoms with Crippen molar-refractivity contribution in [3.05, 3.63) is 77.3 Å². The highest BCUT2D eigenvalue weighted by atomic mass is 19.2. The number of aryl methyl sites for hydroxylation is 1. The van der Waals surface area contributed by atoms with E-state index >= 15 is 0 Å². The Kier molecular flexibility index (Phi) is 4.26. The Morgan fingerprint density at radius 2 is 1.61 bits per heavy atom. The fourth-order valence-corrected chi connectivity index (χ4v) is 3.15. The summed E-state index contributed by atoms with van der Waals surface area (Å²) in [6, 6.07) is 6.60. The van der Waals surface area contributed by atoms with Gasteiger partial charge < -0.3 is 5.32 Å². The Hall–Kier alpha value is -3.42. The molecule has 0 saturated carbocycles. The molecular weight excluding hydrogens is 372 g/mol. The molecule has 0 radical (unpaired) electrons. The van der Waals surface area contributed by atoms with Crippen LogP contribution in [0, 0.1) is 37.1 Å². The number of anilines is 2. The van der Waals surface area contributed by atoms with Gasteiger partial charge in [-0.1, -0.05) is 0 Å². The molecule has 28 heavy (non-hydrogen) atoms. The summed E-state index contributed by atoms with van der Waals surface area (Å²) < 4.78 is 56.2. The molecule has 0 amide bonds. The van der Waals surface area contributed by atoms with Crippen LogP contribution in [0.4, 0.5) is 29.1 Å². The van der Waals surface area contributed by atoms with E-state index in [1.165, 1.54) is 12.4 Å². The summed E-state index contributed by atoms with van der Waals surface area (Å²) in [6.07, 6.45) is 1.26. The summed E-state index contributed by atoms with van der Waals surface area (Å²) in [7, 11) is 0. The van der Waals surface area contributed by atoms with Crippen LogP contribution in [0.1, 0.15) is 11.3 Å². The summed E-state index contributed by atoms with van der Waals surface area (Å²) in [5.41, 5.74) is 2.23. The molecule has 0 spiro atoms. The third kappa shape index (κ3) is 2.87. The number of aromatic nitrogens is 3. The Labute approximate surface area is 157 Å². The lowest BCUT2D eigenvalue weighted by Crippen LogP contribution is -2.01. The van der Waals surface area contributed by atoms with Crippen molar-refractivity contribution in [1.29, 1.82) is 0 Å². The van der Waals surface area contributed by atoms with Gasteiger partial charge in [-0.2, -0.15) is 0 Å². The van der Waals surface area contributed by atoms with Gasteiger partial charge in [-0.3, -0.25) is 4.57 Å². The SMILES string of the molecule is Cc1c(C)n(-c2ccc(F)c(F)c2)c2ncnc(Nc3cc(F)ccc3F)c12. The zero-order valence-corrected chi connectivity index (χ0v) is 14.9. The van der Waals surface area contributed by atoms with Crippen LogP contribution in [0.2, 0.25) is 0 Å². The fourth-order valence-electron chi connectivity index (χ4n) is 3.15. The molecule has 8 heteroatoms. The minimum absolute atomic E-state index is 0.0716. The van der Waals surface area contributed by atoms with E-state index in [4.69, 9.17) is 0 Å². The molecular formula is C20H14F4N4. The first kappa shape index (κ1) is 18.0. The third-order valence-corrected chi connectivity index (χ3v) is 4.64. The van der Waals surface area contributed by atoms with Crippen molar-refractivity contribution in [2.45, 2.75) is 13.8 Å². The van der Waals surface area contributed by atoms with Crippen molar-refractivity contribution in [3.63, 3.8) is 0 Å². The van der Waals surface area contributed by atoms with Gasteiger partial charge in [-0.25, -0.2) is 27.5 Å². The Morgan fingerprint density at radius 3 is 2.36 bits per heavy atom. The van der Waals surface area contributed by atoms with E-state index in [-0.39, 0.29) is 11.5 Å². The molecule has 4 nitrogen and oxygen atoms in total. The van der Waals surface area contributed by atoms with Crippen molar-refractivity contribution in [2.24, 2.45) is 0 Å². The van der Waals surface area contributed by atoms with Gasteiger partial charge in [0.2, 0.25) is 0 Å². The van der Waals surface area contributed by atoms with Crippen LogP contribution >= 0.6 is 0 Å². The molecule has 4 rings (SSSR count). The van der Waals surface area contributed by atoms with Crippen LogP contribution in [0.25, 0.3) is 16.7 Å². The molecule has 0 bridgehead atoms. The van der Waals surface area contributed by atoms with Gasteiger partial charge in [-0.05, 0) is 43.7 Å². The summed E-state index contributed by atoms with van der Waals surface area (Å²) in [6.45, 7) is 3.61. The van der Waals surface area contributed by atoms with E-state index in [0.29, 0.717) is 16.7 Å². The maximum Gasteiger partial charge on any atom is 0.160 e. The van der Waals surface area contributed by atoms with E-state index in [2.05, 4.69) is 15.3 Å². The minimum Gasteiger partial charge on any atom is -0.337 e. The first-order valence-corrected chi connectivity index (χ1v) is 8.37. The summed E-state index contributed by atoms with van der Waals surface area (Å²) in [4.78, 5) is 8.42. The molecule has 0 atom stereocenters. The first-order valence-electron chi connectivity index (χ1n) is 8.37. The first-order chi connectivity index (χ1) is 13.4. The van der Waals surface area contributed by atoms with Crippen LogP contribution in [0.15, 0.2) is 42.7 Å². The van der Waals surface area contributed by atoms with Crippen LogP contribution in [-0.2, 0) is 0 Å². The lowest BCUT2D eigenvalue weighted by Gasteiger charge is -2.10. The molecule has 0 unspecified atom stereocenters. The zero-order chi connectivity index (χ0) is 20.0. The van der Waals surface area contributed by atoms with Gasteiger partial charge in [0.15, 0.2) is 17.3 Å². The monoisotopic (exact) mass is 386 g/mol. The Balaban J connectivity index is 1.92. The Morgan fingerprint density at radius 1 is 0.857 bits per heavy atom. The lowest BCUT2D eigenvalue weighted by atomic mass is 10.2. The predicted octanol–water partition coefficient (Wildman–Crippen LogP) is 5.34. The Bertz CT molecular complexity index is 1220. The smallest absolute Gasteiger partial charge is 0.160 e. The van der Waals surface area contributed by atoms with E-state index in [1.807, 2.05) is 6.92 Å². The standard InChI is InChI=1S/C20H14F4N4/c1-10-11(2)28(13-4-6-14(22)16(24)8-13)20-18(10)19(25-9-26-20)27-17-7-12(21)3-5-15(17)23/h3-9H,1-2H3,(H,25,26,27). The van der Waals surface area contributed by atoms with E-state index < -0.39 is 23.3 Å². The van der Waals surface area contributed by atoms with Gasteiger partial charge in [0, 0.05) is 17.8 Å². The highest BCUT2D eigenvalue weighted by Crippen LogP contribution is 2.33. The van der Waals surface area contributed by atoms with Crippen molar-refractivity contribution < 1.29 is 17.6 Å². The number of halogens is 4. The minimum atomic E-state index is -0.981. The molecule has 0 saturated heterocycles. The number of benzene rings is 2. The second-order valence-electron chi connectivity index (χ2n) is 6.31. The number of fused-ring (bicyclic) bond motifs is 1. The summed E-state index contributed by atoms with van der Waals surface area (Å²) in [5, 5.41) is 3.36. The fraction of sp³-hybridized carbons (Fsp3) is 0.100. The van der Waals surface area contributed by atoms with Crippen molar-refractivity contribution >= 4 is 22.5 Å². The van der Waals surface area contributed by atoms with E-state index in [0.717, 1.165) is 41.6 Å². The third-order valence-electron chi connectivity index (χ3n) is 4.64. The molecule has 1 N–H and O–H groups in total. The van der Waals surface area contributed by atoms with E-state index in [9.17, 15) is 17.6 Å². The second-order valence-corrected chi connectivity index (χ2v) is 6.31. The number of rotatable bonds is 3. The number of nitrogens with zero attached hydrogens (tertiary/aromatic N) is 3. The maximum atomic E-state index is 14.0. The van der Waals surface area contributed by atoms with Gasteiger partial charge >= 0.3 is 0 Å².